The Bertz CT molecular complexity index is 889. The number of carbonyl (C=O) groups is 1. The van der Waals surface area contributed by atoms with Gasteiger partial charge in [-0.1, -0.05) is 11.8 Å². The Morgan fingerprint density at radius 1 is 1.36 bits per heavy atom. The average Bonchev–Trinajstić information content (AvgIpc) is 3.26. The number of aryl methyl sites for hydroxylation is 2. The molecule has 1 aliphatic carbocycles. The summed E-state index contributed by atoms with van der Waals surface area (Å²) in [4.78, 5) is 25.5. The van der Waals surface area contributed by atoms with Crippen LogP contribution < -0.4 is 0 Å². The van der Waals surface area contributed by atoms with Crippen molar-refractivity contribution in [3.63, 3.8) is 0 Å². The van der Waals surface area contributed by atoms with E-state index in [-0.39, 0.29) is 5.91 Å². The maximum absolute atomic E-state index is 12.4. The number of amides is 1. The van der Waals surface area contributed by atoms with Gasteiger partial charge >= 0.3 is 0 Å². The van der Waals surface area contributed by atoms with E-state index in [9.17, 15) is 4.79 Å². The Labute approximate surface area is 154 Å². The van der Waals surface area contributed by atoms with Crippen molar-refractivity contribution in [2.75, 3.05) is 12.8 Å². The number of fused-ring (bicyclic) bond motifs is 3. The Morgan fingerprint density at radius 3 is 3.08 bits per heavy atom. The minimum atomic E-state index is 0.0669. The van der Waals surface area contributed by atoms with Gasteiger partial charge < -0.3 is 9.32 Å². The summed E-state index contributed by atoms with van der Waals surface area (Å²) in [6.45, 7) is 0.486. The highest BCUT2D eigenvalue weighted by Crippen LogP contribution is 2.39. The van der Waals surface area contributed by atoms with Crippen LogP contribution in [0.3, 0.4) is 0 Å². The molecule has 0 spiro atoms. The van der Waals surface area contributed by atoms with Gasteiger partial charge in [0.15, 0.2) is 0 Å². The molecule has 1 aliphatic rings. The molecule has 3 aromatic heterocycles. The molecular weight excluding hydrogens is 354 g/mol. The van der Waals surface area contributed by atoms with Crippen molar-refractivity contribution >= 4 is 39.2 Å². The molecular formula is C18H19N3O2S2. The fourth-order valence-electron chi connectivity index (χ4n) is 3.14. The van der Waals surface area contributed by atoms with Crippen LogP contribution in [0.4, 0.5) is 0 Å². The van der Waals surface area contributed by atoms with Gasteiger partial charge in [0.2, 0.25) is 5.91 Å². The molecule has 4 rings (SSSR count). The van der Waals surface area contributed by atoms with Gasteiger partial charge in [-0.3, -0.25) is 4.79 Å². The highest BCUT2D eigenvalue weighted by atomic mass is 32.2. The van der Waals surface area contributed by atoms with Crippen LogP contribution in [-0.4, -0.2) is 33.6 Å². The average molecular weight is 374 g/mol. The minimum absolute atomic E-state index is 0.0669. The number of thiophene rings is 1. The normalized spacial score (nSPS) is 13.8. The van der Waals surface area contributed by atoms with Crippen LogP contribution in [-0.2, 0) is 24.2 Å². The fraction of sp³-hybridized carbons (Fsp3) is 0.389. The Hall–Kier alpha value is -1.86. The third kappa shape index (κ3) is 3.43. The van der Waals surface area contributed by atoms with E-state index >= 15 is 0 Å². The van der Waals surface area contributed by atoms with Gasteiger partial charge in [-0.15, -0.1) is 11.3 Å². The van der Waals surface area contributed by atoms with E-state index in [4.69, 9.17) is 4.42 Å². The van der Waals surface area contributed by atoms with Crippen LogP contribution in [0.25, 0.3) is 10.2 Å². The van der Waals surface area contributed by atoms with Crippen LogP contribution in [0.2, 0.25) is 0 Å². The maximum atomic E-state index is 12.4. The molecule has 3 heterocycles. The lowest BCUT2D eigenvalue weighted by atomic mass is 9.97. The van der Waals surface area contributed by atoms with E-state index in [0.29, 0.717) is 12.3 Å². The standard InChI is InChI=1S/C18H19N3O2S2/c1-21(9-12-5-4-8-23-12)15(22)10-24-17-16-13-6-2-3-7-14(13)25-18(16)20-11-19-17/h4-5,8,11H,2-3,6-7,9-10H2,1H3. The number of furan rings is 1. The number of carbonyl (C=O) groups excluding carboxylic acids is 1. The first kappa shape index (κ1) is 16.6. The van der Waals surface area contributed by atoms with Crippen molar-refractivity contribution < 1.29 is 9.21 Å². The number of rotatable bonds is 5. The van der Waals surface area contributed by atoms with E-state index in [2.05, 4.69) is 9.97 Å². The van der Waals surface area contributed by atoms with Crippen LogP contribution >= 0.6 is 23.1 Å². The van der Waals surface area contributed by atoms with E-state index in [1.165, 1.54) is 40.4 Å². The molecule has 25 heavy (non-hydrogen) atoms. The third-order valence-corrected chi connectivity index (χ3v) is 6.62. The summed E-state index contributed by atoms with van der Waals surface area (Å²) >= 11 is 3.30. The number of nitrogens with zero attached hydrogens (tertiary/aromatic N) is 3. The molecule has 130 valence electrons. The van der Waals surface area contributed by atoms with Gasteiger partial charge in [0.05, 0.1) is 18.6 Å². The van der Waals surface area contributed by atoms with Crippen molar-refractivity contribution in [2.45, 2.75) is 37.3 Å². The van der Waals surface area contributed by atoms with Gasteiger partial charge in [-0.25, -0.2) is 9.97 Å². The summed E-state index contributed by atoms with van der Waals surface area (Å²) < 4.78 is 5.31. The van der Waals surface area contributed by atoms with Gasteiger partial charge in [0.25, 0.3) is 0 Å². The van der Waals surface area contributed by atoms with Crippen molar-refractivity contribution in [1.82, 2.24) is 14.9 Å². The SMILES string of the molecule is CN(Cc1ccco1)C(=O)CSc1ncnc2sc3c(c12)CCCC3. The summed E-state index contributed by atoms with van der Waals surface area (Å²) in [6.07, 6.45) is 7.96. The van der Waals surface area contributed by atoms with E-state index < -0.39 is 0 Å². The highest BCUT2D eigenvalue weighted by Gasteiger charge is 2.21. The number of hydrogen-bond acceptors (Lipinski definition) is 6. The molecule has 5 nitrogen and oxygen atoms in total. The molecule has 3 aromatic rings. The van der Waals surface area contributed by atoms with E-state index in [1.54, 1.807) is 35.9 Å². The number of hydrogen-bond donors (Lipinski definition) is 0. The Balaban J connectivity index is 1.49. The van der Waals surface area contributed by atoms with Crippen molar-refractivity contribution in [3.8, 4) is 0 Å². The molecule has 1 amide bonds. The summed E-state index contributed by atoms with van der Waals surface area (Å²) in [5.41, 5.74) is 1.41. The minimum Gasteiger partial charge on any atom is -0.467 e. The van der Waals surface area contributed by atoms with Crippen LogP contribution in [0.15, 0.2) is 34.2 Å². The topological polar surface area (TPSA) is 59.2 Å². The zero-order valence-corrected chi connectivity index (χ0v) is 15.7. The molecule has 0 aliphatic heterocycles. The number of thioether (sulfide) groups is 1. The first-order chi connectivity index (χ1) is 12.2. The third-order valence-electron chi connectivity index (χ3n) is 4.45. The molecule has 0 N–H and O–H groups in total. The van der Waals surface area contributed by atoms with E-state index in [0.717, 1.165) is 28.5 Å². The first-order valence-corrected chi connectivity index (χ1v) is 10.2. The Kier molecular flexibility index (Phi) is 4.76. The quantitative estimate of drug-likeness (QED) is 0.501. The summed E-state index contributed by atoms with van der Waals surface area (Å²) in [5.74, 6) is 1.22. The van der Waals surface area contributed by atoms with Crippen LogP contribution in [0, 0.1) is 0 Å². The summed E-state index contributed by atoms with van der Waals surface area (Å²) in [5, 5.41) is 2.11. The second kappa shape index (κ2) is 7.17. The largest absolute Gasteiger partial charge is 0.467 e. The lowest BCUT2D eigenvalue weighted by Crippen LogP contribution is -2.27. The lowest BCUT2D eigenvalue weighted by molar-refractivity contribution is -0.127. The highest BCUT2D eigenvalue weighted by molar-refractivity contribution is 8.00. The molecule has 7 heteroatoms. The van der Waals surface area contributed by atoms with Crippen molar-refractivity contribution in [2.24, 2.45) is 0 Å². The predicted octanol–water partition coefficient (Wildman–Crippen LogP) is 3.91. The smallest absolute Gasteiger partial charge is 0.233 e. The second-order valence-corrected chi connectivity index (χ2v) is 8.24. The molecule has 0 fully saturated rings. The maximum Gasteiger partial charge on any atom is 0.233 e. The first-order valence-electron chi connectivity index (χ1n) is 8.37. The summed E-state index contributed by atoms with van der Waals surface area (Å²) in [7, 11) is 1.80. The molecule has 0 radical (unpaired) electrons. The molecule has 0 bridgehead atoms. The zero-order valence-electron chi connectivity index (χ0n) is 14.0. The zero-order chi connectivity index (χ0) is 17.2. The lowest BCUT2D eigenvalue weighted by Gasteiger charge is -2.15. The van der Waals surface area contributed by atoms with Crippen molar-refractivity contribution in [1.29, 1.82) is 0 Å². The molecule has 0 saturated heterocycles. The molecule has 0 saturated carbocycles. The number of aromatic nitrogens is 2. The fourth-order valence-corrected chi connectivity index (χ4v) is 5.40. The Morgan fingerprint density at radius 2 is 2.24 bits per heavy atom. The van der Waals surface area contributed by atoms with Crippen LogP contribution in [0.5, 0.6) is 0 Å². The monoisotopic (exact) mass is 373 g/mol. The van der Waals surface area contributed by atoms with Gasteiger partial charge in [0.1, 0.15) is 21.9 Å². The van der Waals surface area contributed by atoms with E-state index in [1.807, 2.05) is 12.1 Å². The van der Waals surface area contributed by atoms with Crippen molar-refractivity contribution in [3.05, 3.63) is 40.9 Å². The predicted molar refractivity (Wildman–Crippen MR) is 100.0 cm³/mol. The molecule has 0 atom stereocenters. The second-order valence-electron chi connectivity index (χ2n) is 6.19. The van der Waals surface area contributed by atoms with Gasteiger partial charge in [-0.2, -0.15) is 0 Å². The summed E-state index contributed by atoms with van der Waals surface area (Å²) in [6, 6.07) is 3.71. The van der Waals surface area contributed by atoms with Gasteiger partial charge in [-0.05, 0) is 43.4 Å². The van der Waals surface area contributed by atoms with Gasteiger partial charge in [0, 0.05) is 17.3 Å². The van der Waals surface area contributed by atoms with Crippen LogP contribution in [0.1, 0.15) is 29.0 Å². The molecule has 0 unspecified atom stereocenters. The molecule has 0 aromatic carbocycles.